The quantitative estimate of drug-likeness (QED) is 0.839. The van der Waals surface area contributed by atoms with E-state index in [0.717, 1.165) is 11.5 Å². The Labute approximate surface area is 132 Å². The molecule has 0 saturated heterocycles. The number of aromatic nitrogens is 1. The second-order valence-electron chi connectivity index (χ2n) is 6.13. The summed E-state index contributed by atoms with van der Waals surface area (Å²) in [5, 5.41) is 2.44. The smallest absolute Gasteiger partial charge is 0.231 e. The molecule has 0 spiro atoms. The molecule has 1 aliphatic rings. The van der Waals surface area contributed by atoms with E-state index in [2.05, 4.69) is 44.0 Å². The first-order chi connectivity index (χ1) is 9.62. The largest absolute Gasteiger partial charge is 1.00 e. The van der Waals surface area contributed by atoms with E-state index in [-0.39, 0.29) is 17.8 Å². The van der Waals surface area contributed by atoms with Crippen LogP contribution >= 0.6 is 0 Å². The van der Waals surface area contributed by atoms with Gasteiger partial charge in [-0.25, -0.2) is 4.98 Å². The van der Waals surface area contributed by atoms with Gasteiger partial charge in [0.15, 0.2) is 23.4 Å². The van der Waals surface area contributed by atoms with Crippen LogP contribution < -0.4 is 26.9 Å². The van der Waals surface area contributed by atoms with E-state index < -0.39 is 0 Å². The Morgan fingerprint density at radius 1 is 1.19 bits per heavy atom. The van der Waals surface area contributed by atoms with Gasteiger partial charge in [-0.3, -0.25) is 0 Å². The van der Waals surface area contributed by atoms with Gasteiger partial charge in [0.25, 0.3) is 0 Å². The highest BCUT2D eigenvalue weighted by Gasteiger charge is 2.30. The van der Waals surface area contributed by atoms with Gasteiger partial charge >= 0.3 is 0 Å². The Morgan fingerprint density at radius 3 is 2.62 bits per heavy atom. The number of unbranched alkanes of at least 4 members (excludes halogenated alkanes) is 1. The Hall–Kier alpha value is -1.48. The fourth-order valence-corrected chi connectivity index (χ4v) is 2.91. The molecule has 1 N–H and O–H groups in total. The van der Waals surface area contributed by atoms with Crippen molar-refractivity contribution in [2.45, 2.75) is 45.4 Å². The molecule has 3 nitrogen and oxygen atoms in total. The minimum absolute atomic E-state index is 0. The summed E-state index contributed by atoms with van der Waals surface area (Å²) in [5.74, 6) is 1.70. The van der Waals surface area contributed by atoms with Gasteiger partial charge in [0, 0.05) is 11.5 Å². The van der Waals surface area contributed by atoms with Gasteiger partial charge in [-0.05, 0) is 37.8 Å². The molecule has 21 heavy (non-hydrogen) atoms. The fraction of sp³-hybridized carbons (Fsp3) is 0.471. The van der Waals surface area contributed by atoms with Gasteiger partial charge in [-0.15, -0.1) is 0 Å². The third-order valence-corrected chi connectivity index (χ3v) is 4.14. The van der Waals surface area contributed by atoms with E-state index in [9.17, 15) is 0 Å². The molecule has 2 aromatic rings. The number of nitrogens with one attached hydrogen (secondary N) is 1. The first-order valence-corrected chi connectivity index (χ1v) is 7.36. The lowest BCUT2D eigenvalue weighted by molar-refractivity contribution is -0.395. The Morgan fingerprint density at radius 2 is 1.90 bits per heavy atom. The number of fused-ring (bicyclic) bond motifs is 2. The van der Waals surface area contributed by atoms with Crippen LogP contribution in [0.15, 0.2) is 24.4 Å². The van der Waals surface area contributed by atoms with Crippen LogP contribution in [0.3, 0.4) is 0 Å². The summed E-state index contributed by atoms with van der Waals surface area (Å²) in [5.41, 5.74) is 1.41. The normalized spacial score (nSPS) is 13.3. The van der Waals surface area contributed by atoms with Crippen molar-refractivity contribution in [3.05, 3.63) is 30.1 Å². The number of ether oxygens (including phenoxy) is 2. The second kappa shape index (κ2) is 6.10. The molecule has 0 bridgehead atoms. The van der Waals surface area contributed by atoms with Gasteiger partial charge in [-0.2, -0.15) is 0 Å². The maximum Gasteiger partial charge on any atom is 0.231 e. The molecule has 1 aliphatic heterocycles. The first-order valence-electron chi connectivity index (χ1n) is 7.36. The molecule has 0 saturated carbocycles. The van der Waals surface area contributed by atoms with Crippen molar-refractivity contribution in [2.24, 2.45) is 0 Å². The van der Waals surface area contributed by atoms with Gasteiger partial charge in [0.2, 0.25) is 6.79 Å². The summed E-state index contributed by atoms with van der Waals surface area (Å²) >= 11 is 0. The lowest BCUT2D eigenvalue weighted by Gasteiger charge is -2.21. The van der Waals surface area contributed by atoms with E-state index in [1.807, 2.05) is 6.20 Å². The Kier molecular flexibility index (Phi) is 4.62. The highest BCUT2D eigenvalue weighted by Crippen LogP contribution is 2.39. The fourth-order valence-electron chi connectivity index (χ4n) is 2.91. The second-order valence-corrected chi connectivity index (χ2v) is 6.13. The minimum Gasteiger partial charge on any atom is -1.00 e. The molecule has 2 heterocycles. The molecule has 1 aromatic carbocycles. The molecule has 0 fully saturated rings. The zero-order valence-corrected chi connectivity index (χ0v) is 13.6. The number of hydrogen-bond acceptors (Lipinski definition) is 2. The van der Waals surface area contributed by atoms with Gasteiger partial charge in [-0.1, -0.05) is 19.8 Å². The molecule has 0 atom stereocenters. The predicted octanol–water partition coefficient (Wildman–Crippen LogP) is 0.854. The van der Waals surface area contributed by atoms with Crippen LogP contribution in [0.5, 0.6) is 11.5 Å². The number of pyridine rings is 1. The summed E-state index contributed by atoms with van der Waals surface area (Å²) < 4.78 is 11.0. The number of halogens is 1. The SMILES string of the molecule is CCCCC(C)(C)c1[nH+]ccc2cc3c(cc12)OCO3.[Cl-]. The molecule has 4 heteroatoms. The topological polar surface area (TPSA) is 32.6 Å². The minimum atomic E-state index is 0. The molecule has 0 radical (unpaired) electrons. The predicted molar refractivity (Wildman–Crippen MR) is 79.2 cm³/mol. The van der Waals surface area contributed by atoms with E-state index in [0.29, 0.717) is 6.79 Å². The average Bonchev–Trinajstić information content (AvgIpc) is 2.89. The molecular formula is C17H22ClNO2. The molecule has 0 amide bonds. The maximum absolute atomic E-state index is 5.52. The molecule has 3 rings (SSSR count). The van der Waals surface area contributed by atoms with Crippen LogP contribution in [-0.4, -0.2) is 6.79 Å². The number of H-pyrrole nitrogens is 1. The van der Waals surface area contributed by atoms with Crippen molar-refractivity contribution >= 4 is 10.8 Å². The van der Waals surface area contributed by atoms with Gasteiger partial charge in [0.1, 0.15) is 0 Å². The van der Waals surface area contributed by atoms with Crippen molar-refractivity contribution in [3.8, 4) is 11.5 Å². The van der Waals surface area contributed by atoms with E-state index in [4.69, 9.17) is 9.47 Å². The number of rotatable bonds is 4. The summed E-state index contributed by atoms with van der Waals surface area (Å²) in [6.45, 7) is 7.17. The number of aromatic amines is 1. The van der Waals surface area contributed by atoms with E-state index >= 15 is 0 Å². The van der Waals surface area contributed by atoms with Crippen LogP contribution in [0.4, 0.5) is 0 Å². The molecule has 0 unspecified atom stereocenters. The van der Waals surface area contributed by atoms with E-state index in [1.54, 1.807) is 0 Å². The lowest BCUT2D eigenvalue weighted by Crippen LogP contribution is -3.00. The number of hydrogen-bond donors (Lipinski definition) is 0. The van der Waals surface area contributed by atoms with Crippen molar-refractivity contribution in [1.82, 2.24) is 0 Å². The first kappa shape index (κ1) is 15.9. The van der Waals surface area contributed by atoms with Crippen LogP contribution in [-0.2, 0) is 5.41 Å². The standard InChI is InChI=1S/C17H21NO2.ClH/c1-4-5-7-17(2,3)16-13-10-15-14(19-11-20-15)9-12(13)6-8-18-16;/h6,8-10H,4-5,7,11H2,1-3H3;1H. The highest BCUT2D eigenvalue weighted by atomic mass is 35.5. The molecule has 1 aromatic heterocycles. The molecule has 114 valence electrons. The lowest BCUT2D eigenvalue weighted by atomic mass is 9.81. The monoisotopic (exact) mass is 307 g/mol. The van der Waals surface area contributed by atoms with Crippen LogP contribution in [0.1, 0.15) is 45.7 Å². The van der Waals surface area contributed by atoms with Crippen molar-refractivity contribution in [3.63, 3.8) is 0 Å². The summed E-state index contributed by atoms with van der Waals surface area (Å²) in [7, 11) is 0. The van der Waals surface area contributed by atoms with E-state index in [1.165, 1.54) is 35.7 Å². The zero-order chi connectivity index (χ0) is 14.2. The van der Waals surface area contributed by atoms with Gasteiger partial charge in [0.05, 0.1) is 5.39 Å². The third kappa shape index (κ3) is 2.93. The average molecular weight is 308 g/mol. The van der Waals surface area contributed by atoms with Crippen molar-refractivity contribution in [2.75, 3.05) is 6.79 Å². The molecular weight excluding hydrogens is 286 g/mol. The van der Waals surface area contributed by atoms with Crippen LogP contribution in [0.2, 0.25) is 0 Å². The van der Waals surface area contributed by atoms with Crippen LogP contribution in [0, 0.1) is 0 Å². The van der Waals surface area contributed by atoms with Crippen LogP contribution in [0.25, 0.3) is 10.8 Å². The Bertz CT molecular complexity index is 640. The van der Waals surface area contributed by atoms with Crippen molar-refractivity contribution < 1.29 is 26.9 Å². The summed E-state index contributed by atoms with van der Waals surface area (Å²) in [6, 6.07) is 6.28. The van der Waals surface area contributed by atoms with Gasteiger partial charge < -0.3 is 21.9 Å². The van der Waals surface area contributed by atoms with Crippen molar-refractivity contribution in [1.29, 1.82) is 0 Å². The summed E-state index contributed by atoms with van der Waals surface area (Å²) in [4.78, 5) is 3.46. The summed E-state index contributed by atoms with van der Waals surface area (Å²) in [6.07, 6.45) is 5.66. The molecule has 0 aliphatic carbocycles. The zero-order valence-electron chi connectivity index (χ0n) is 12.8. The number of benzene rings is 1. The third-order valence-electron chi connectivity index (χ3n) is 4.14. The Balaban J connectivity index is 0.00000161. The maximum atomic E-state index is 5.52. The highest BCUT2D eigenvalue weighted by molar-refractivity contribution is 5.87.